The molecule has 6 heteroatoms. The second-order valence-electron chi connectivity index (χ2n) is 12.4. The lowest BCUT2D eigenvalue weighted by Crippen LogP contribution is -2.50. The number of fused-ring (bicyclic) bond motifs is 2. The van der Waals surface area contributed by atoms with Gasteiger partial charge in [0.1, 0.15) is 0 Å². The minimum absolute atomic E-state index is 0.0419. The van der Waals surface area contributed by atoms with Crippen molar-refractivity contribution in [3.63, 3.8) is 0 Å². The molecular weight excluding hydrogens is 544 g/mol. The summed E-state index contributed by atoms with van der Waals surface area (Å²) in [7, 11) is 0. The van der Waals surface area contributed by atoms with Gasteiger partial charge in [0.05, 0.1) is 0 Å². The van der Waals surface area contributed by atoms with Gasteiger partial charge >= 0.3 is 0 Å². The minimum atomic E-state index is 0.0419. The van der Waals surface area contributed by atoms with Gasteiger partial charge < -0.3 is 9.80 Å². The molecule has 3 aliphatic rings. The molecule has 0 aliphatic carbocycles. The first-order valence-corrected chi connectivity index (χ1v) is 15.9. The van der Waals surface area contributed by atoms with Crippen molar-refractivity contribution in [2.24, 2.45) is 0 Å². The Kier molecular flexibility index (Phi) is 8.27. The molecule has 0 saturated carbocycles. The Morgan fingerprint density at radius 3 is 1.20 bits per heavy atom. The molecule has 0 atom stereocenters. The summed E-state index contributed by atoms with van der Waals surface area (Å²) in [6.45, 7) is 8.02. The fourth-order valence-corrected chi connectivity index (χ4v) is 6.88. The van der Waals surface area contributed by atoms with Gasteiger partial charge in [-0.1, -0.05) is 72.8 Å². The van der Waals surface area contributed by atoms with Gasteiger partial charge in [0.25, 0.3) is 11.8 Å². The maximum absolute atomic E-state index is 13.3. The molecule has 4 aromatic carbocycles. The lowest BCUT2D eigenvalue weighted by Gasteiger charge is -2.35. The second kappa shape index (κ2) is 12.8. The fraction of sp³-hybridized carbons (Fsp3) is 0.316. The normalized spacial score (nSPS) is 17.2. The highest BCUT2D eigenvalue weighted by Crippen LogP contribution is 2.22. The Morgan fingerprint density at radius 2 is 0.818 bits per heavy atom. The summed E-state index contributed by atoms with van der Waals surface area (Å²) in [6, 6.07) is 33.6. The predicted octanol–water partition coefficient (Wildman–Crippen LogP) is 5.40. The summed E-state index contributed by atoms with van der Waals surface area (Å²) < 4.78 is 0. The molecule has 0 unspecified atom stereocenters. The Morgan fingerprint density at radius 1 is 0.455 bits per heavy atom. The highest BCUT2D eigenvalue weighted by Gasteiger charge is 2.26. The van der Waals surface area contributed by atoms with Gasteiger partial charge in [0, 0.05) is 76.6 Å². The van der Waals surface area contributed by atoms with Crippen molar-refractivity contribution in [3.05, 3.63) is 142 Å². The van der Waals surface area contributed by atoms with Gasteiger partial charge in [-0.2, -0.15) is 0 Å². The maximum Gasteiger partial charge on any atom is 0.253 e. The quantitative estimate of drug-likeness (QED) is 0.305. The summed E-state index contributed by atoms with van der Waals surface area (Å²) in [4.78, 5) is 35.2. The van der Waals surface area contributed by atoms with Crippen LogP contribution >= 0.6 is 0 Å². The van der Waals surface area contributed by atoms with Crippen molar-refractivity contribution >= 4 is 11.8 Å². The van der Waals surface area contributed by atoms with Crippen molar-refractivity contribution in [3.8, 4) is 0 Å². The van der Waals surface area contributed by atoms with Crippen LogP contribution in [0.1, 0.15) is 54.1 Å². The lowest BCUT2D eigenvalue weighted by atomic mass is 9.99. The van der Waals surface area contributed by atoms with Gasteiger partial charge in [-0.05, 0) is 70.5 Å². The first-order chi connectivity index (χ1) is 21.6. The third-order valence-corrected chi connectivity index (χ3v) is 9.49. The van der Waals surface area contributed by atoms with Crippen LogP contribution in [0, 0.1) is 0 Å². The van der Waals surface area contributed by atoms with E-state index in [0.717, 1.165) is 52.1 Å². The van der Waals surface area contributed by atoms with Crippen molar-refractivity contribution in [2.45, 2.75) is 39.0 Å². The van der Waals surface area contributed by atoms with Crippen molar-refractivity contribution in [2.75, 3.05) is 39.3 Å². The van der Waals surface area contributed by atoms with Gasteiger partial charge in [-0.15, -0.1) is 0 Å². The van der Waals surface area contributed by atoms with Crippen LogP contribution in [0.25, 0.3) is 0 Å². The van der Waals surface area contributed by atoms with Crippen LogP contribution in [0.15, 0.2) is 97.1 Å². The van der Waals surface area contributed by atoms with Gasteiger partial charge in [-0.3, -0.25) is 19.4 Å². The average Bonchev–Trinajstić information content (AvgIpc) is 3.08. The molecule has 7 rings (SSSR count). The standard InChI is InChI=1S/C38H40N4O2/c43-37(33-13-9-29(10-14-33)25-39-19-17-31-5-1-3-7-35(31)27-39)41-21-23-42(24-22-41)38(44)34-15-11-30(12-16-34)26-40-20-18-32-6-2-4-8-36(32)28-40/h1-16H,17-28H2. The van der Waals surface area contributed by atoms with E-state index in [1.165, 1.54) is 33.4 Å². The molecular formula is C38H40N4O2. The molecule has 3 heterocycles. The maximum atomic E-state index is 13.3. The molecule has 2 amide bonds. The molecule has 0 bridgehead atoms. The van der Waals surface area contributed by atoms with E-state index >= 15 is 0 Å². The van der Waals surface area contributed by atoms with E-state index in [1.54, 1.807) is 0 Å². The number of nitrogens with zero attached hydrogens (tertiary/aromatic N) is 4. The van der Waals surface area contributed by atoms with Crippen LogP contribution < -0.4 is 0 Å². The highest BCUT2D eigenvalue weighted by molar-refractivity contribution is 5.96. The van der Waals surface area contributed by atoms with Gasteiger partial charge in [0.15, 0.2) is 0 Å². The number of rotatable bonds is 6. The van der Waals surface area contributed by atoms with Crippen LogP contribution in [-0.4, -0.2) is 70.7 Å². The van der Waals surface area contributed by atoms with E-state index in [-0.39, 0.29) is 11.8 Å². The Labute approximate surface area is 260 Å². The summed E-state index contributed by atoms with van der Waals surface area (Å²) in [5.74, 6) is 0.0838. The van der Waals surface area contributed by atoms with Crippen LogP contribution in [-0.2, 0) is 39.0 Å². The van der Waals surface area contributed by atoms with Crippen LogP contribution in [0.3, 0.4) is 0 Å². The molecule has 0 N–H and O–H groups in total. The lowest BCUT2D eigenvalue weighted by molar-refractivity contribution is 0.0535. The van der Waals surface area contributed by atoms with E-state index in [4.69, 9.17) is 0 Å². The summed E-state index contributed by atoms with van der Waals surface area (Å²) in [6.07, 6.45) is 2.17. The van der Waals surface area contributed by atoms with Gasteiger partial charge in [-0.25, -0.2) is 0 Å². The number of piperazine rings is 1. The fourth-order valence-electron chi connectivity index (χ4n) is 6.88. The zero-order valence-corrected chi connectivity index (χ0v) is 25.3. The molecule has 3 aliphatic heterocycles. The second-order valence-corrected chi connectivity index (χ2v) is 12.4. The largest absolute Gasteiger partial charge is 0.335 e. The minimum Gasteiger partial charge on any atom is -0.335 e. The molecule has 0 aromatic heterocycles. The number of hydrogen-bond acceptors (Lipinski definition) is 4. The van der Waals surface area contributed by atoms with Gasteiger partial charge in [0.2, 0.25) is 0 Å². The van der Waals surface area contributed by atoms with E-state index in [2.05, 4.69) is 82.6 Å². The molecule has 224 valence electrons. The van der Waals surface area contributed by atoms with E-state index < -0.39 is 0 Å². The molecule has 6 nitrogen and oxygen atoms in total. The number of carbonyl (C=O) groups excluding carboxylic acids is 2. The van der Waals surface area contributed by atoms with Crippen LogP contribution in [0.5, 0.6) is 0 Å². The first-order valence-electron chi connectivity index (χ1n) is 15.9. The summed E-state index contributed by atoms with van der Waals surface area (Å²) in [5.41, 5.74) is 9.63. The summed E-state index contributed by atoms with van der Waals surface area (Å²) >= 11 is 0. The highest BCUT2D eigenvalue weighted by atomic mass is 16.2. The van der Waals surface area contributed by atoms with E-state index in [0.29, 0.717) is 37.3 Å². The van der Waals surface area contributed by atoms with E-state index in [1.807, 2.05) is 34.1 Å². The smallest absolute Gasteiger partial charge is 0.253 e. The van der Waals surface area contributed by atoms with E-state index in [9.17, 15) is 9.59 Å². The van der Waals surface area contributed by atoms with Crippen molar-refractivity contribution in [1.29, 1.82) is 0 Å². The number of hydrogen-bond donors (Lipinski definition) is 0. The monoisotopic (exact) mass is 584 g/mol. The number of amides is 2. The Balaban J connectivity index is 0.884. The Hall–Kier alpha value is -4.26. The molecule has 0 spiro atoms. The third-order valence-electron chi connectivity index (χ3n) is 9.49. The topological polar surface area (TPSA) is 47.1 Å². The predicted molar refractivity (Wildman–Crippen MR) is 173 cm³/mol. The van der Waals surface area contributed by atoms with Crippen molar-refractivity contribution < 1.29 is 9.59 Å². The summed E-state index contributed by atoms with van der Waals surface area (Å²) in [5, 5.41) is 0. The van der Waals surface area contributed by atoms with Crippen LogP contribution in [0.4, 0.5) is 0 Å². The average molecular weight is 585 g/mol. The van der Waals surface area contributed by atoms with Crippen LogP contribution in [0.2, 0.25) is 0 Å². The molecule has 0 radical (unpaired) electrons. The molecule has 4 aromatic rings. The zero-order valence-electron chi connectivity index (χ0n) is 25.3. The molecule has 44 heavy (non-hydrogen) atoms. The first kappa shape index (κ1) is 28.5. The third kappa shape index (κ3) is 6.33. The van der Waals surface area contributed by atoms with Crippen molar-refractivity contribution in [1.82, 2.24) is 19.6 Å². The number of benzene rings is 4. The SMILES string of the molecule is O=C(c1ccc(CN2CCc3ccccc3C2)cc1)N1CCN(C(=O)c2ccc(CN3CCc4ccccc4C3)cc2)CC1. The molecule has 1 saturated heterocycles. The Bertz CT molecular complexity index is 1500. The molecule has 1 fully saturated rings. The number of carbonyl (C=O) groups is 2. The zero-order chi connectivity index (χ0) is 29.9.